The molecule has 19 heavy (non-hydrogen) atoms. The van der Waals surface area contributed by atoms with Crippen molar-refractivity contribution in [1.29, 1.82) is 0 Å². The van der Waals surface area contributed by atoms with Gasteiger partial charge in [0.2, 0.25) is 0 Å². The Morgan fingerprint density at radius 3 is 1.89 bits per heavy atom. The molecule has 1 aromatic rings. The Labute approximate surface area is 114 Å². The summed E-state index contributed by atoms with van der Waals surface area (Å²) in [6.45, 7) is 6.95. The minimum Gasteiger partial charge on any atom is -0.329 e. The fourth-order valence-electron chi connectivity index (χ4n) is 2.16. The molecule has 0 aliphatic rings. The molecule has 1 aromatic carbocycles. The van der Waals surface area contributed by atoms with E-state index < -0.39 is 6.43 Å². The highest BCUT2D eigenvalue weighted by molar-refractivity contribution is 5.26. The van der Waals surface area contributed by atoms with E-state index >= 15 is 0 Å². The third-order valence-electron chi connectivity index (χ3n) is 3.90. The summed E-state index contributed by atoms with van der Waals surface area (Å²) in [6.07, 6.45) is -2.42. The van der Waals surface area contributed by atoms with E-state index in [2.05, 4.69) is 25.7 Å². The van der Waals surface area contributed by atoms with Gasteiger partial charge in [-0.2, -0.15) is 0 Å². The first-order valence-corrected chi connectivity index (χ1v) is 6.68. The summed E-state index contributed by atoms with van der Waals surface area (Å²) in [6, 6.07) is 6.91. The summed E-state index contributed by atoms with van der Waals surface area (Å²) in [5, 5.41) is 0. The molecule has 0 aliphatic heterocycles. The van der Waals surface area contributed by atoms with E-state index in [-0.39, 0.29) is 11.6 Å². The van der Waals surface area contributed by atoms with E-state index in [4.69, 9.17) is 5.73 Å². The van der Waals surface area contributed by atoms with Gasteiger partial charge in [0.05, 0.1) is 0 Å². The molecule has 2 atom stereocenters. The molecule has 0 bridgehead atoms. The molecule has 0 saturated carbocycles. The number of benzene rings is 1. The van der Waals surface area contributed by atoms with E-state index in [0.717, 1.165) is 5.56 Å². The maximum atomic E-state index is 12.5. The van der Waals surface area contributed by atoms with Crippen LogP contribution in [0.4, 0.5) is 8.78 Å². The summed E-state index contributed by atoms with van der Waals surface area (Å²) in [5.41, 5.74) is 6.89. The van der Waals surface area contributed by atoms with Crippen LogP contribution in [0.3, 0.4) is 0 Å². The number of hydrogen-bond acceptors (Lipinski definition) is 2. The van der Waals surface area contributed by atoms with Gasteiger partial charge >= 0.3 is 0 Å². The van der Waals surface area contributed by atoms with Gasteiger partial charge in [0, 0.05) is 24.2 Å². The highest BCUT2D eigenvalue weighted by Crippen LogP contribution is 2.25. The van der Waals surface area contributed by atoms with Gasteiger partial charge in [-0.1, -0.05) is 38.1 Å². The van der Waals surface area contributed by atoms with E-state index in [9.17, 15) is 8.78 Å². The molecular formula is C15H24F2N2. The fraction of sp³-hybridized carbons (Fsp3) is 0.600. The number of nitrogens with zero attached hydrogens (tertiary/aromatic N) is 1. The van der Waals surface area contributed by atoms with Crippen LogP contribution in [0.25, 0.3) is 0 Å². The molecule has 0 spiro atoms. The Morgan fingerprint density at radius 2 is 1.53 bits per heavy atom. The average molecular weight is 270 g/mol. The number of halogens is 2. The topological polar surface area (TPSA) is 29.3 Å². The second-order valence-electron chi connectivity index (χ2n) is 5.37. The predicted octanol–water partition coefficient (Wildman–Crippen LogP) is 3.60. The highest BCUT2D eigenvalue weighted by atomic mass is 19.3. The highest BCUT2D eigenvalue weighted by Gasteiger charge is 2.22. The lowest BCUT2D eigenvalue weighted by atomic mass is 9.98. The van der Waals surface area contributed by atoms with E-state index in [1.165, 1.54) is 12.1 Å². The second kappa shape index (κ2) is 6.96. The van der Waals surface area contributed by atoms with Crippen molar-refractivity contribution < 1.29 is 8.78 Å². The lowest BCUT2D eigenvalue weighted by molar-refractivity contribution is 0.149. The molecule has 2 nitrogen and oxygen atoms in total. The van der Waals surface area contributed by atoms with Crippen LogP contribution in [0.2, 0.25) is 0 Å². The molecule has 4 heteroatoms. The van der Waals surface area contributed by atoms with E-state index in [0.29, 0.717) is 18.5 Å². The lowest BCUT2D eigenvalue weighted by Gasteiger charge is -2.35. The summed E-state index contributed by atoms with van der Waals surface area (Å²) in [5.74, 6) is 0.513. The monoisotopic (exact) mass is 270 g/mol. The predicted molar refractivity (Wildman–Crippen MR) is 75.3 cm³/mol. The summed E-state index contributed by atoms with van der Waals surface area (Å²) < 4.78 is 25.1. The molecule has 0 saturated heterocycles. The van der Waals surface area contributed by atoms with Crippen LogP contribution in [0.5, 0.6) is 0 Å². The average Bonchev–Trinajstić information content (AvgIpc) is 2.38. The smallest absolute Gasteiger partial charge is 0.263 e. The molecule has 0 heterocycles. The van der Waals surface area contributed by atoms with Gasteiger partial charge in [0.25, 0.3) is 6.43 Å². The zero-order chi connectivity index (χ0) is 14.6. The third kappa shape index (κ3) is 3.98. The van der Waals surface area contributed by atoms with Gasteiger partial charge in [-0.15, -0.1) is 0 Å². The molecule has 0 fully saturated rings. The summed E-state index contributed by atoms with van der Waals surface area (Å²) in [7, 11) is 2.03. The van der Waals surface area contributed by atoms with Crippen molar-refractivity contribution in [3.63, 3.8) is 0 Å². The number of nitrogens with two attached hydrogens (primary N) is 1. The Kier molecular flexibility index (Phi) is 5.88. The largest absolute Gasteiger partial charge is 0.329 e. The van der Waals surface area contributed by atoms with Crippen LogP contribution in [0.15, 0.2) is 24.3 Å². The Bertz CT molecular complexity index is 376. The molecule has 108 valence electrons. The molecular weight excluding hydrogens is 246 g/mol. The Balaban J connectivity index is 2.90. The van der Waals surface area contributed by atoms with Crippen LogP contribution in [0.1, 0.15) is 44.4 Å². The van der Waals surface area contributed by atoms with Gasteiger partial charge in [-0.3, -0.25) is 4.90 Å². The van der Waals surface area contributed by atoms with Crippen LogP contribution in [-0.4, -0.2) is 24.5 Å². The van der Waals surface area contributed by atoms with Gasteiger partial charge in [-0.25, -0.2) is 8.78 Å². The Morgan fingerprint density at radius 1 is 1.05 bits per heavy atom. The Hall–Kier alpha value is -1.00. The molecule has 1 rings (SSSR count). The van der Waals surface area contributed by atoms with Crippen LogP contribution < -0.4 is 5.73 Å². The second-order valence-corrected chi connectivity index (χ2v) is 5.37. The van der Waals surface area contributed by atoms with E-state index in [1.807, 2.05) is 7.05 Å². The minimum atomic E-state index is -2.42. The number of rotatable bonds is 6. The number of hydrogen-bond donors (Lipinski definition) is 1. The first-order chi connectivity index (χ1) is 8.88. The van der Waals surface area contributed by atoms with Crippen molar-refractivity contribution in [3.05, 3.63) is 35.4 Å². The third-order valence-corrected chi connectivity index (χ3v) is 3.90. The van der Waals surface area contributed by atoms with Crippen molar-refractivity contribution in [2.75, 3.05) is 13.6 Å². The maximum Gasteiger partial charge on any atom is 0.263 e. The first-order valence-electron chi connectivity index (χ1n) is 6.68. The molecule has 2 N–H and O–H groups in total. The molecule has 0 aromatic heterocycles. The first kappa shape index (κ1) is 16.1. The molecule has 0 aliphatic carbocycles. The van der Waals surface area contributed by atoms with Crippen molar-refractivity contribution in [3.8, 4) is 0 Å². The van der Waals surface area contributed by atoms with Gasteiger partial charge in [0.1, 0.15) is 0 Å². The quantitative estimate of drug-likeness (QED) is 0.855. The fourth-order valence-corrected chi connectivity index (χ4v) is 2.16. The van der Waals surface area contributed by atoms with Crippen LogP contribution in [0, 0.1) is 5.92 Å². The van der Waals surface area contributed by atoms with Gasteiger partial charge in [0.15, 0.2) is 0 Å². The normalized spacial score (nSPS) is 15.3. The number of alkyl halides is 2. The lowest BCUT2D eigenvalue weighted by Crippen LogP contribution is -2.39. The SMILES string of the molecule is CC(C)C(C)N(C)C(CN)c1ccc(C(F)F)cc1. The van der Waals surface area contributed by atoms with Crippen molar-refractivity contribution in [2.24, 2.45) is 11.7 Å². The van der Waals surface area contributed by atoms with Crippen molar-refractivity contribution in [2.45, 2.75) is 39.3 Å². The van der Waals surface area contributed by atoms with Gasteiger partial charge in [-0.05, 0) is 25.5 Å². The van der Waals surface area contributed by atoms with Crippen LogP contribution in [-0.2, 0) is 0 Å². The summed E-state index contributed by atoms with van der Waals surface area (Å²) in [4.78, 5) is 2.21. The van der Waals surface area contributed by atoms with Gasteiger partial charge < -0.3 is 5.73 Å². The zero-order valence-electron chi connectivity index (χ0n) is 12.1. The van der Waals surface area contributed by atoms with Crippen molar-refractivity contribution in [1.82, 2.24) is 4.90 Å². The molecule has 0 radical (unpaired) electrons. The van der Waals surface area contributed by atoms with Crippen molar-refractivity contribution >= 4 is 0 Å². The number of likely N-dealkylation sites (N-methyl/N-ethyl adjacent to an activating group) is 1. The zero-order valence-corrected chi connectivity index (χ0v) is 12.1. The standard InChI is InChI=1S/C15H24F2N2/c1-10(2)11(3)19(4)14(9-18)12-5-7-13(8-6-12)15(16)17/h5-8,10-11,14-15H,9,18H2,1-4H3. The van der Waals surface area contributed by atoms with E-state index in [1.54, 1.807) is 12.1 Å². The summed E-state index contributed by atoms with van der Waals surface area (Å²) >= 11 is 0. The maximum absolute atomic E-state index is 12.5. The van der Waals surface area contributed by atoms with Crippen LogP contribution >= 0.6 is 0 Å². The minimum absolute atomic E-state index is 0.0547. The molecule has 2 unspecified atom stereocenters. The molecule has 0 amide bonds.